The molecule has 4 nitrogen and oxygen atoms in total. The van der Waals surface area contributed by atoms with Gasteiger partial charge in [0.1, 0.15) is 0 Å². The van der Waals surface area contributed by atoms with Crippen molar-refractivity contribution in [2.45, 2.75) is 19.1 Å². The van der Waals surface area contributed by atoms with E-state index in [-0.39, 0.29) is 5.25 Å². The lowest BCUT2D eigenvalue weighted by Gasteiger charge is -2.14. The molecule has 0 aliphatic heterocycles. The lowest BCUT2D eigenvalue weighted by Crippen LogP contribution is -2.08. The number of rotatable bonds is 3. The minimum Gasteiger partial charge on any atom is -0.265 e. The highest BCUT2D eigenvalue weighted by atomic mass is 32.2. The first kappa shape index (κ1) is 13.7. The number of hydrogen-bond donors (Lipinski definition) is 0. The zero-order chi connectivity index (χ0) is 13.9. The predicted octanol–water partition coefficient (Wildman–Crippen LogP) is 3.28. The maximum Gasteiger partial charge on any atom is 0.0761 e. The van der Waals surface area contributed by atoms with Gasteiger partial charge >= 0.3 is 0 Å². The van der Waals surface area contributed by atoms with Crippen molar-refractivity contribution >= 4 is 15.4 Å². The van der Waals surface area contributed by atoms with E-state index in [4.69, 9.17) is 0 Å². The van der Waals surface area contributed by atoms with Crippen molar-refractivity contribution in [2.24, 2.45) is 4.36 Å². The molecule has 0 amide bonds. The van der Waals surface area contributed by atoms with Gasteiger partial charge in [0.15, 0.2) is 0 Å². The van der Waals surface area contributed by atoms with E-state index in [0.29, 0.717) is 5.69 Å². The molecule has 2 aromatic rings. The third-order valence-corrected chi connectivity index (χ3v) is 5.17. The summed E-state index contributed by atoms with van der Waals surface area (Å²) in [5.41, 5.74) is 2.58. The van der Waals surface area contributed by atoms with Crippen molar-refractivity contribution in [3.63, 3.8) is 0 Å². The fourth-order valence-electron chi connectivity index (χ4n) is 1.67. The van der Waals surface area contributed by atoms with Crippen LogP contribution in [0.1, 0.15) is 23.4 Å². The van der Waals surface area contributed by atoms with Gasteiger partial charge in [-0.05, 0) is 37.6 Å². The Balaban J connectivity index is 2.36. The number of nitrogens with zero attached hydrogens (tertiary/aromatic N) is 3. The molecule has 19 heavy (non-hydrogen) atoms. The molecule has 0 radical (unpaired) electrons. The highest BCUT2D eigenvalue weighted by Crippen LogP contribution is 2.25. The molecule has 0 N–H and O–H groups in total. The second-order valence-corrected chi connectivity index (χ2v) is 7.14. The van der Waals surface area contributed by atoms with Crippen LogP contribution in [0.5, 0.6) is 0 Å². The number of aromatic nitrogens is 2. The molecular formula is C14H17N3OS. The van der Waals surface area contributed by atoms with E-state index < -0.39 is 9.73 Å². The van der Waals surface area contributed by atoms with Crippen LogP contribution in [0.2, 0.25) is 0 Å². The van der Waals surface area contributed by atoms with Crippen LogP contribution in [-0.4, -0.2) is 20.4 Å². The third-order valence-electron chi connectivity index (χ3n) is 3.01. The Hall–Kier alpha value is -1.75. The second-order valence-electron chi connectivity index (χ2n) is 4.53. The molecule has 0 spiro atoms. The van der Waals surface area contributed by atoms with Gasteiger partial charge in [0, 0.05) is 30.5 Å². The van der Waals surface area contributed by atoms with Gasteiger partial charge in [-0.1, -0.05) is 6.07 Å². The van der Waals surface area contributed by atoms with Crippen LogP contribution in [0, 0.1) is 6.92 Å². The molecule has 2 atom stereocenters. The number of aryl methyl sites for hydroxylation is 1. The molecule has 0 aromatic carbocycles. The Labute approximate surface area is 114 Å². The van der Waals surface area contributed by atoms with E-state index in [1.165, 1.54) is 0 Å². The van der Waals surface area contributed by atoms with E-state index in [2.05, 4.69) is 14.3 Å². The molecule has 0 aliphatic carbocycles. The van der Waals surface area contributed by atoms with Crippen molar-refractivity contribution in [1.29, 1.82) is 0 Å². The lowest BCUT2D eigenvalue weighted by molar-refractivity contribution is 0.673. The molecule has 0 aliphatic rings. The Morgan fingerprint density at radius 2 is 1.89 bits per heavy atom. The fourth-order valence-corrected chi connectivity index (χ4v) is 3.01. The normalized spacial score (nSPS) is 15.5. The van der Waals surface area contributed by atoms with Crippen molar-refractivity contribution in [2.75, 3.05) is 6.26 Å². The monoisotopic (exact) mass is 275 g/mol. The van der Waals surface area contributed by atoms with Gasteiger partial charge in [-0.2, -0.15) is 4.36 Å². The topological polar surface area (TPSA) is 55.2 Å². The van der Waals surface area contributed by atoms with Crippen molar-refractivity contribution in [3.05, 3.63) is 54.1 Å². The summed E-state index contributed by atoms with van der Waals surface area (Å²) in [5, 5.41) is -0.172. The van der Waals surface area contributed by atoms with Crippen molar-refractivity contribution in [3.8, 4) is 0 Å². The zero-order valence-electron chi connectivity index (χ0n) is 11.3. The van der Waals surface area contributed by atoms with E-state index >= 15 is 0 Å². The van der Waals surface area contributed by atoms with E-state index in [1.54, 1.807) is 37.0 Å². The van der Waals surface area contributed by atoms with Crippen LogP contribution in [-0.2, 0) is 9.73 Å². The zero-order valence-corrected chi connectivity index (χ0v) is 12.1. The SMILES string of the molecule is Cc1ccc(C(C)S(C)(=O)=Nc2ccncc2)cn1. The van der Waals surface area contributed by atoms with E-state index in [1.807, 2.05) is 26.0 Å². The Kier molecular flexibility index (Phi) is 3.95. The maximum absolute atomic E-state index is 12.7. The molecule has 2 heterocycles. The van der Waals surface area contributed by atoms with E-state index in [9.17, 15) is 4.21 Å². The minimum absolute atomic E-state index is 0.172. The first-order valence-corrected chi connectivity index (χ1v) is 8.01. The van der Waals surface area contributed by atoms with Gasteiger partial charge in [-0.3, -0.25) is 9.97 Å². The highest BCUT2D eigenvalue weighted by molar-refractivity contribution is 7.93. The molecule has 100 valence electrons. The minimum atomic E-state index is -2.37. The second kappa shape index (κ2) is 5.48. The van der Waals surface area contributed by atoms with Crippen LogP contribution < -0.4 is 0 Å². The molecule has 0 saturated carbocycles. The third kappa shape index (κ3) is 3.38. The largest absolute Gasteiger partial charge is 0.265 e. The lowest BCUT2D eigenvalue weighted by atomic mass is 10.2. The Morgan fingerprint density at radius 1 is 1.21 bits per heavy atom. The first-order chi connectivity index (χ1) is 8.99. The summed E-state index contributed by atoms with van der Waals surface area (Å²) in [5.74, 6) is 0. The van der Waals surface area contributed by atoms with Crippen LogP contribution in [0.3, 0.4) is 0 Å². The van der Waals surface area contributed by atoms with Gasteiger partial charge in [0.05, 0.1) is 20.7 Å². The molecule has 5 heteroatoms. The molecule has 2 unspecified atom stereocenters. The fraction of sp³-hybridized carbons (Fsp3) is 0.286. The quantitative estimate of drug-likeness (QED) is 0.863. The average Bonchev–Trinajstić information content (AvgIpc) is 2.39. The average molecular weight is 275 g/mol. The van der Waals surface area contributed by atoms with Gasteiger partial charge in [0.25, 0.3) is 0 Å². The standard InChI is InChI=1S/C14H17N3OS/c1-11-4-5-13(10-16-11)12(2)19(3,18)17-14-6-8-15-9-7-14/h4-10,12H,1-3H3. The molecule has 0 fully saturated rings. The van der Waals surface area contributed by atoms with E-state index in [0.717, 1.165) is 11.3 Å². The number of hydrogen-bond acceptors (Lipinski definition) is 4. The summed E-state index contributed by atoms with van der Waals surface area (Å²) in [6.07, 6.45) is 6.74. The van der Waals surface area contributed by atoms with Gasteiger partial charge in [0.2, 0.25) is 0 Å². The van der Waals surface area contributed by atoms with Gasteiger partial charge in [-0.15, -0.1) is 0 Å². The Morgan fingerprint density at radius 3 is 2.47 bits per heavy atom. The van der Waals surface area contributed by atoms with Crippen LogP contribution in [0.15, 0.2) is 47.2 Å². The summed E-state index contributed by atoms with van der Waals surface area (Å²) >= 11 is 0. The van der Waals surface area contributed by atoms with Crippen molar-refractivity contribution in [1.82, 2.24) is 9.97 Å². The summed E-state index contributed by atoms with van der Waals surface area (Å²) in [6, 6.07) is 7.39. The highest BCUT2D eigenvalue weighted by Gasteiger charge is 2.16. The molecule has 2 rings (SSSR count). The summed E-state index contributed by atoms with van der Waals surface area (Å²) in [6.45, 7) is 3.85. The summed E-state index contributed by atoms with van der Waals surface area (Å²) in [4.78, 5) is 8.17. The van der Waals surface area contributed by atoms with Crippen LogP contribution in [0.25, 0.3) is 0 Å². The smallest absolute Gasteiger partial charge is 0.0761 e. The van der Waals surface area contributed by atoms with Gasteiger partial charge < -0.3 is 0 Å². The summed E-state index contributed by atoms with van der Waals surface area (Å²) < 4.78 is 17.1. The number of pyridine rings is 2. The predicted molar refractivity (Wildman–Crippen MR) is 77.8 cm³/mol. The maximum atomic E-state index is 12.7. The van der Waals surface area contributed by atoms with Crippen molar-refractivity contribution < 1.29 is 4.21 Å². The molecule has 2 aromatic heterocycles. The molecule has 0 bridgehead atoms. The van der Waals surface area contributed by atoms with Crippen LogP contribution in [0.4, 0.5) is 5.69 Å². The molecule has 0 saturated heterocycles. The van der Waals surface area contributed by atoms with Gasteiger partial charge in [-0.25, -0.2) is 4.21 Å². The molecular weight excluding hydrogens is 258 g/mol. The Bertz CT molecular complexity index is 659. The first-order valence-electron chi connectivity index (χ1n) is 6.02. The van der Waals surface area contributed by atoms with Crippen LogP contribution >= 0.6 is 0 Å². The summed E-state index contributed by atoms with van der Waals surface area (Å²) in [7, 11) is -2.37.